The van der Waals surface area contributed by atoms with Gasteiger partial charge in [-0.1, -0.05) is 0 Å². The molecule has 8 nitrogen and oxygen atoms in total. The van der Waals surface area contributed by atoms with Gasteiger partial charge in [0, 0.05) is 19.2 Å². The smallest absolute Gasteiger partial charge is 0.326 e. The van der Waals surface area contributed by atoms with Gasteiger partial charge in [-0.3, -0.25) is 14.9 Å². The molecule has 0 bridgehead atoms. The quantitative estimate of drug-likeness (QED) is 0.674. The van der Waals surface area contributed by atoms with Crippen LogP contribution in [0.15, 0.2) is 12.4 Å². The first-order chi connectivity index (χ1) is 9.56. The standard InChI is InChI=1S/C11H10N4O4S/c16-11(17)6-1-2-14(4-6)9-7-3-8(15(18)19)20-10(7)13-5-12-9/h3,5-6H,1-2,4H2,(H,16,17). The summed E-state index contributed by atoms with van der Waals surface area (Å²) in [7, 11) is 0. The van der Waals surface area contributed by atoms with E-state index in [1.807, 2.05) is 4.90 Å². The Morgan fingerprint density at radius 2 is 2.35 bits per heavy atom. The van der Waals surface area contributed by atoms with Gasteiger partial charge >= 0.3 is 11.0 Å². The topological polar surface area (TPSA) is 109 Å². The number of carboxylic acids is 1. The van der Waals surface area contributed by atoms with Crippen LogP contribution in [0.4, 0.5) is 10.8 Å². The first kappa shape index (κ1) is 12.7. The molecule has 0 amide bonds. The van der Waals surface area contributed by atoms with E-state index in [9.17, 15) is 14.9 Å². The second-order valence-corrected chi connectivity index (χ2v) is 5.54. The first-order valence-corrected chi connectivity index (χ1v) is 6.74. The highest BCUT2D eigenvalue weighted by atomic mass is 32.1. The van der Waals surface area contributed by atoms with Gasteiger partial charge in [0.2, 0.25) is 0 Å². The molecule has 2 aromatic rings. The Morgan fingerprint density at radius 1 is 1.55 bits per heavy atom. The van der Waals surface area contributed by atoms with E-state index in [4.69, 9.17) is 5.11 Å². The van der Waals surface area contributed by atoms with Crippen molar-refractivity contribution in [2.45, 2.75) is 6.42 Å². The van der Waals surface area contributed by atoms with E-state index < -0.39 is 16.8 Å². The molecule has 9 heteroatoms. The molecule has 1 atom stereocenters. The summed E-state index contributed by atoms with van der Waals surface area (Å²) in [5, 5.41) is 20.5. The predicted octanol–water partition coefficient (Wildman–Crippen LogP) is 1.51. The molecule has 0 radical (unpaired) electrons. The molecule has 1 fully saturated rings. The maximum Gasteiger partial charge on any atom is 0.326 e. The van der Waals surface area contributed by atoms with Crippen molar-refractivity contribution in [1.29, 1.82) is 0 Å². The number of carbonyl (C=O) groups is 1. The zero-order valence-electron chi connectivity index (χ0n) is 10.2. The number of hydrogen-bond acceptors (Lipinski definition) is 7. The zero-order valence-corrected chi connectivity index (χ0v) is 11.0. The van der Waals surface area contributed by atoms with E-state index in [0.29, 0.717) is 35.5 Å². The van der Waals surface area contributed by atoms with Crippen molar-refractivity contribution < 1.29 is 14.8 Å². The Hall–Kier alpha value is -2.29. The number of rotatable bonds is 3. The van der Waals surface area contributed by atoms with E-state index in [1.165, 1.54) is 12.4 Å². The molecule has 3 rings (SSSR count). The van der Waals surface area contributed by atoms with E-state index >= 15 is 0 Å². The highest BCUT2D eigenvalue weighted by molar-refractivity contribution is 7.21. The van der Waals surface area contributed by atoms with E-state index in [1.54, 1.807) is 0 Å². The first-order valence-electron chi connectivity index (χ1n) is 5.93. The molecule has 1 N–H and O–H groups in total. The summed E-state index contributed by atoms with van der Waals surface area (Å²) in [5.74, 6) is -0.675. The molecule has 1 aliphatic heterocycles. The van der Waals surface area contributed by atoms with Crippen LogP contribution in [0.3, 0.4) is 0 Å². The third-order valence-corrected chi connectivity index (χ3v) is 4.31. The molecule has 0 aromatic carbocycles. The number of thiophene rings is 1. The Kier molecular flexibility index (Phi) is 2.97. The normalized spacial score (nSPS) is 18.6. The van der Waals surface area contributed by atoms with Gasteiger partial charge in [0.05, 0.1) is 16.2 Å². The molecule has 3 heterocycles. The molecular weight excluding hydrogens is 284 g/mol. The number of carboxylic acid groups (broad SMARTS) is 1. The highest BCUT2D eigenvalue weighted by Crippen LogP contribution is 2.36. The average molecular weight is 294 g/mol. The maximum absolute atomic E-state index is 11.0. The molecular formula is C11H10N4O4S. The van der Waals surface area contributed by atoms with Crippen molar-refractivity contribution in [2.24, 2.45) is 5.92 Å². The van der Waals surface area contributed by atoms with Crippen molar-refractivity contribution in [3.63, 3.8) is 0 Å². The van der Waals surface area contributed by atoms with Crippen LogP contribution >= 0.6 is 11.3 Å². The van der Waals surface area contributed by atoms with Crippen LogP contribution in [0, 0.1) is 16.0 Å². The van der Waals surface area contributed by atoms with Gasteiger partial charge < -0.3 is 10.0 Å². The Labute approximate surface area is 116 Å². The fraction of sp³-hybridized carbons (Fsp3) is 0.364. The number of fused-ring (bicyclic) bond motifs is 1. The van der Waals surface area contributed by atoms with Crippen LogP contribution in [0.1, 0.15) is 6.42 Å². The number of anilines is 1. The zero-order chi connectivity index (χ0) is 14.3. The second-order valence-electron chi connectivity index (χ2n) is 4.53. The lowest BCUT2D eigenvalue weighted by molar-refractivity contribution is -0.380. The lowest BCUT2D eigenvalue weighted by atomic mass is 10.1. The molecule has 1 saturated heterocycles. The van der Waals surface area contributed by atoms with Crippen LogP contribution < -0.4 is 4.90 Å². The fourth-order valence-electron chi connectivity index (χ4n) is 2.33. The van der Waals surface area contributed by atoms with Gasteiger partial charge in [0.1, 0.15) is 17.0 Å². The Balaban J connectivity index is 2.00. The molecule has 0 spiro atoms. The molecule has 20 heavy (non-hydrogen) atoms. The monoisotopic (exact) mass is 294 g/mol. The minimum absolute atomic E-state index is 0.00994. The molecule has 1 unspecified atom stereocenters. The molecule has 0 saturated carbocycles. The van der Waals surface area contributed by atoms with Crippen molar-refractivity contribution in [2.75, 3.05) is 18.0 Å². The Morgan fingerprint density at radius 3 is 3.00 bits per heavy atom. The van der Waals surface area contributed by atoms with Crippen molar-refractivity contribution >= 4 is 38.3 Å². The molecule has 1 aliphatic rings. The van der Waals surface area contributed by atoms with E-state index in [2.05, 4.69) is 9.97 Å². The number of aromatic nitrogens is 2. The molecule has 0 aliphatic carbocycles. The third kappa shape index (κ3) is 2.05. The van der Waals surface area contributed by atoms with Gasteiger partial charge in [0.15, 0.2) is 0 Å². The van der Waals surface area contributed by atoms with Crippen LogP contribution in [0.2, 0.25) is 0 Å². The Bertz CT molecular complexity index is 701. The SMILES string of the molecule is O=C(O)C1CCN(c2ncnc3sc([N+](=O)[O-])cc23)C1. The summed E-state index contributed by atoms with van der Waals surface area (Å²) < 4.78 is 0. The molecule has 104 valence electrons. The minimum atomic E-state index is -0.825. The average Bonchev–Trinajstić information content (AvgIpc) is 3.05. The summed E-state index contributed by atoms with van der Waals surface area (Å²) in [6.07, 6.45) is 1.90. The van der Waals surface area contributed by atoms with Gasteiger partial charge in [0.25, 0.3) is 0 Å². The van der Waals surface area contributed by atoms with Gasteiger partial charge in [-0.05, 0) is 17.8 Å². The van der Waals surface area contributed by atoms with Crippen molar-refractivity contribution in [3.8, 4) is 0 Å². The van der Waals surface area contributed by atoms with Crippen molar-refractivity contribution in [3.05, 3.63) is 22.5 Å². The fourth-order valence-corrected chi connectivity index (χ4v) is 3.14. The van der Waals surface area contributed by atoms with Crippen molar-refractivity contribution in [1.82, 2.24) is 9.97 Å². The number of nitrogens with zero attached hydrogens (tertiary/aromatic N) is 4. The summed E-state index contributed by atoms with van der Waals surface area (Å²) in [6, 6.07) is 1.45. The summed E-state index contributed by atoms with van der Waals surface area (Å²) in [4.78, 5) is 31.9. The lowest BCUT2D eigenvalue weighted by Crippen LogP contribution is -2.23. The van der Waals surface area contributed by atoms with E-state index in [-0.39, 0.29) is 5.00 Å². The maximum atomic E-state index is 11.0. The second kappa shape index (κ2) is 4.67. The van der Waals surface area contributed by atoms with Gasteiger partial charge in [-0.25, -0.2) is 9.97 Å². The minimum Gasteiger partial charge on any atom is -0.481 e. The van der Waals surface area contributed by atoms with Crippen LogP contribution in [-0.2, 0) is 4.79 Å². The lowest BCUT2D eigenvalue weighted by Gasteiger charge is -2.16. The van der Waals surface area contributed by atoms with Crippen LogP contribution in [0.5, 0.6) is 0 Å². The van der Waals surface area contributed by atoms with Gasteiger partial charge in [-0.15, -0.1) is 0 Å². The predicted molar refractivity (Wildman–Crippen MR) is 72.0 cm³/mol. The molecule has 2 aromatic heterocycles. The largest absolute Gasteiger partial charge is 0.481 e. The summed E-state index contributed by atoms with van der Waals surface area (Å²) in [6.45, 7) is 0.942. The number of nitro groups is 1. The number of hydrogen-bond donors (Lipinski definition) is 1. The highest BCUT2D eigenvalue weighted by Gasteiger charge is 2.30. The summed E-state index contributed by atoms with van der Waals surface area (Å²) in [5.41, 5.74) is 0. The summed E-state index contributed by atoms with van der Waals surface area (Å²) >= 11 is 0.992. The van der Waals surface area contributed by atoms with E-state index in [0.717, 1.165) is 11.3 Å². The third-order valence-electron chi connectivity index (χ3n) is 3.31. The van der Waals surface area contributed by atoms with Crippen LogP contribution in [-0.4, -0.2) is 39.1 Å². The van der Waals surface area contributed by atoms with Crippen LogP contribution in [0.25, 0.3) is 10.2 Å². The van der Waals surface area contributed by atoms with Gasteiger partial charge in [-0.2, -0.15) is 0 Å². The number of aliphatic carboxylic acids is 1.